The molecule has 0 radical (unpaired) electrons. The van der Waals surface area contributed by atoms with Crippen LogP contribution in [-0.2, 0) is 4.79 Å². The molecule has 0 bridgehead atoms. The minimum Gasteiger partial charge on any atom is -0.342 e. The summed E-state index contributed by atoms with van der Waals surface area (Å²) in [5.41, 5.74) is 0. The highest BCUT2D eigenvalue weighted by Gasteiger charge is 2.31. The molecular weight excluding hydrogens is 314 g/mol. The zero-order valence-corrected chi connectivity index (χ0v) is 15.7. The minimum absolute atomic E-state index is 0.0903. The van der Waals surface area contributed by atoms with Gasteiger partial charge in [0.25, 0.3) is 0 Å². The zero-order valence-electron chi connectivity index (χ0n) is 15.7. The Bertz CT molecular complexity index is 430. The number of likely N-dealkylation sites (tertiary alicyclic amines) is 2. The predicted molar refractivity (Wildman–Crippen MR) is 99.4 cm³/mol. The number of amides is 3. The van der Waals surface area contributed by atoms with E-state index in [4.69, 9.17) is 0 Å². The third-order valence-corrected chi connectivity index (χ3v) is 6.23. The van der Waals surface area contributed by atoms with E-state index in [0.717, 1.165) is 64.7 Å². The molecule has 1 saturated carbocycles. The molecule has 3 fully saturated rings. The maximum atomic E-state index is 12.7. The highest BCUT2D eigenvalue weighted by Crippen LogP contribution is 2.23. The lowest BCUT2D eigenvalue weighted by Gasteiger charge is -2.34. The van der Waals surface area contributed by atoms with Crippen LogP contribution in [0.2, 0.25) is 0 Å². The lowest BCUT2D eigenvalue weighted by Crippen LogP contribution is -2.49. The molecule has 3 aliphatic rings. The summed E-state index contributed by atoms with van der Waals surface area (Å²) in [7, 11) is 0. The number of piperidine rings is 1. The van der Waals surface area contributed by atoms with Crippen molar-refractivity contribution in [2.45, 2.75) is 83.1 Å². The van der Waals surface area contributed by atoms with Gasteiger partial charge in [-0.2, -0.15) is 0 Å². The molecule has 2 heterocycles. The van der Waals surface area contributed by atoms with E-state index in [9.17, 15) is 9.59 Å². The molecule has 25 heavy (non-hydrogen) atoms. The standard InChI is InChI=1S/C20H35N3O2/c24-19(22-13-7-3-4-8-14-22)17-11-15-23(16-12-17)20(25)21-18-9-5-1-2-6-10-18/h17-18H,1-16H2,(H,21,25). The first-order valence-electron chi connectivity index (χ1n) is 10.6. The largest absolute Gasteiger partial charge is 0.342 e. The molecule has 3 rings (SSSR count). The Balaban J connectivity index is 1.42. The van der Waals surface area contributed by atoms with Crippen LogP contribution in [0, 0.1) is 5.92 Å². The monoisotopic (exact) mass is 349 g/mol. The molecule has 2 aliphatic heterocycles. The Kier molecular flexibility index (Phi) is 7.00. The molecule has 0 aromatic rings. The summed E-state index contributed by atoms with van der Waals surface area (Å²) in [6.45, 7) is 3.31. The summed E-state index contributed by atoms with van der Waals surface area (Å²) in [5, 5.41) is 3.24. The third-order valence-electron chi connectivity index (χ3n) is 6.23. The van der Waals surface area contributed by atoms with Gasteiger partial charge in [-0.3, -0.25) is 4.79 Å². The number of carbonyl (C=O) groups excluding carboxylic acids is 2. The topological polar surface area (TPSA) is 52.7 Å². The summed E-state index contributed by atoms with van der Waals surface area (Å²) in [5.74, 6) is 0.464. The van der Waals surface area contributed by atoms with E-state index in [1.54, 1.807) is 0 Å². The second-order valence-electron chi connectivity index (χ2n) is 8.14. The lowest BCUT2D eigenvalue weighted by atomic mass is 9.95. The second kappa shape index (κ2) is 9.44. The zero-order chi connectivity index (χ0) is 17.5. The summed E-state index contributed by atoms with van der Waals surface area (Å²) in [4.78, 5) is 29.3. The van der Waals surface area contributed by atoms with Gasteiger partial charge in [-0.05, 0) is 38.5 Å². The summed E-state index contributed by atoms with van der Waals surface area (Å²) >= 11 is 0. The molecule has 0 aromatic carbocycles. The van der Waals surface area contributed by atoms with Crippen molar-refractivity contribution in [1.29, 1.82) is 0 Å². The van der Waals surface area contributed by atoms with E-state index >= 15 is 0 Å². The molecule has 3 amide bonds. The van der Waals surface area contributed by atoms with Crippen LogP contribution in [0.15, 0.2) is 0 Å². The van der Waals surface area contributed by atoms with Gasteiger partial charge >= 0.3 is 6.03 Å². The van der Waals surface area contributed by atoms with E-state index in [1.165, 1.54) is 38.5 Å². The molecule has 1 N–H and O–H groups in total. The summed E-state index contributed by atoms with van der Waals surface area (Å²) in [6, 6.07) is 0.444. The third kappa shape index (κ3) is 5.35. The van der Waals surface area contributed by atoms with Crippen LogP contribution in [0.1, 0.15) is 77.0 Å². The predicted octanol–water partition coefficient (Wildman–Crippen LogP) is 3.53. The Labute approximate surface area is 152 Å². The smallest absolute Gasteiger partial charge is 0.317 e. The lowest BCUT2D eigenvalue weighted by molar-refractivity contribution is -0.136. The fourth-order valence-corrected chi connectivity index (χ4v) is 4.57. The first-order valence-corrected chi connectivity index (χ1v) is 10.6. The van der Waals surface area contributed by atoms with Crippen LogP contribution in [0.5, 0.6) is 0 Å². The van der Waals surface area contributed by atoms with E-state index in [0.29, 0.717) is 11.9 Å². The van der Waals surface area contributed by atoms with Crippen LogP contribution >= 0.6 is 0 Å². The van der Waals surface area contributed by atoms with Crippen molar-refractivity contribution < 1.29 is 9.59 Å². The van der Waals surface area contributed by atoms with Crippen LogP contribution in [0.4, 0.5) is 4.79 Å². The highest BCUT2D eigenvalue weighted by atomic mass is 16.2. The van der Waals surface area contributed by atoms with Gasteiger partial charge in [0.2, 0.25) is 5.91 Å². The van der Waals surface area contributed by atoms with E-state index in [2.05, 4.69) is 10.2 Å². The van der Waals surface area contributed by atoms with E-state index in [1.807, 2.05) is 4.90 Å². The van der Waals surface area contributed by atoms with Crippen molar-refractivity contribution in [3.63, 3.8) is 0 Å². The van der Waals surface area contributed by atoms with Crippen LogP contribution in [-0.4, -0.2) is 54.0 Å². The first-order chi connectivity index (χ1) is 12.2. The summed E-state index contributed by atoms with van der Waals surface area (Å²) < 4.78 is 0. The molecule has 5 heteroatoms. The fourth-order valence-electron chi connectivity index (χ4n) is 4.57. The number of carbonyl (C=O) groups is 2. The molecular formula is C20H35N3O2. The van der Waals surface area contributed by atoms with Gasteiger partial charge in [0.1, 0.15) is 0 Å². The number of hydrogen-bond acceptors (Lipinski definition) is 2. The normalized spacial score (nSPS) is 24.5. The maximum absolute atomic E-state index is 12.7. The highest BCUT2D eigenvalue weighted by molar-refractivity contribution is 5.80. The van der Waals surface area contributed by atoms with Gasteiger partial charge in [-0.25, -0.2) is 4.79 Å². The SMILES string of the molecule is O=C(NC1CCCCCC1)N1CCC(C(=O)N2CCCCCC2)CC1. The van der Waals surface area contributed by atoms with Crippen LogP contribution in [0.25, 0.3) is 0 Å². The molecule has 0 unspecified atom stereocenters. The summed E-state index contributed by atoms with van der Waals surface area (Å²) in [6.07, 6.45) is 13.8. The minimum atomic E-state index is 0.0903. The van der Waals surface area contributed by atoms with Gasteiger partial charge in [0, 0.05) is 38.1 Å². The second-order valence-corrected chi connectivity index (χ2v) is 8.14. The van der Waals surface area contributed by atoms with Gasteiger partial charge in [0.05, 0.1) is 0 Å². The Morgan fingerprint density at radius 3 is 1.80 bits per heavy atom. The van der Waals surface area contributed by atoms with Crippen molar-refractivity contribution >= 4 is 11.9 Å². The van der Waals surface area contributed by atoms with Gasteiger partial charge < -0.3 is 15.1 Å². The number of nitrogens with one attached hydrogen (secondary N) is 1. The molecule has 0 aromatic heterocycles. The molecule has 2 saturated heterocycles. The number of nitrogens with zero attached hydrogens (tertiary/aromatic N) is 2. The molecule has 5 nitrogen and oxygen atoms in total. The Hall–Kier alpha value is -1.26. The average Bonchev–Trinajstić information content (AvgIpc) is 3.06. The van der Waals surface area contributed by atoms with E-state index in [-0.39, 0.29) is 11.9 Å². The van der Waals surface area contributed by atoms with Gasteiger partial charge in [0.15, 0.2) is 0 Å². The number of rotatable bonds is 2. The van der Waals surface area contributed by atoms with Crippen molar-refractivity contribution in [3.05, 3.63) is 0 Å². The first kappa shape index (κ1) is 18.5. The fraction of sp³-hybridized carbons (Fsp3) is 0.900. The van der Waals surface area contributed by atoms with Crippen molar-refractivity contribution in [2.24, 2.45) is 5.92 Å². The van der Waals surface area contributed by atoms with Crippen molar-refractivity contribution in [2.75, 3.05) is 26.2 Å². The van der Waals surface area contributed by atoms with Gasteiger partial charge in [-0.1, -0.05) is 38.5 Å². The Morgan fingerprint density at radius 2 is 1.20 bits per heavy atom. The molecule has 0 spiro atoms. The van der Waals surface area contributed by atoms with Crippen LogP contribution < -0.4 is 5.32 Å². The molecule has 142 valence electrons. The van der Waals surface area contributed by atoms with Crippen molar-refractivity contribution in [1.82, 2.24) is 15.1 Å². The molecule has 1 aliphatic carbocycles. The average molecular weight is 350 g/mol. The van der Waals surface area contributed by atoms with Gasteiger partial charge in [-0.15, -0.1) is 0 Å². The quantitative estimate of drug-likeness (QED) is 0.775. The maximum Gasteiger partial charge on any atom is 0.317 e. The Morgan fingerprint density at radius 1 is 0.640 bits per heavy atom. The van der Waals surface area contributed by atoms with Crippen LogP contribution in [0.3, 0.4) is 0 Å². The molecule has 0 atom stereocenters. The number of urea groups is 1. The number of hydrogen-bond donors (Lipinski definition) is 1. The van der Waals surface area contributed by atoms with Crippen molar-refractivity contribution in [3.8, 4) is 0 Å². The van der Waals surface area contributed by atoms with E-state index < -0.39 is 0 Å².